The Hall–Kier alpha value is -0.570. The van der Waals surface area contributed by atoms with Gasteiger partial charge in [0.25, 0.3) is 0 Å². The molecule has 66 valence electrons. The number of halogens is 1. The first-order chi connectivity index (χ1) is 5.84. The maximum absolute atomic E-state index is 8.55. The maximum Gasteiger partial charge on any atom is 0.103 e. The molecule has 0 unspecified atom stereocenters. The number of hydrogen-bond acceptors (Lipinski definition) is 1. The van der Waals surface area contributed by atoms with Crippen LogP contribution in [0.4, 0.5) is 0 Å². The quantitative estimate of drug-likeness (QED) is 0.657. The fourth-order valence-electron chi connectivity index (χ4n) is 1.01. The van der Waals surface area contributed by atoms with Crippen molar-refractivity contribution in [2.75, 3.05) is 13.2 Å². The Morgan fingerprint density at radius 3 is 2.75 bits per heavy atom. The van der Waals surface area contributed by atoms with Gasteiger partial charge in [-0.3, -0.25) is 0 Å². The van der Waals surface area contributed by atoms with E-state index in [1.165, 1.54) is 0 Å². The Bertz CT molecular complexity index is 240. The molecule has 1 aromatic rings. The molecular formula is C9H13ClNO+. The topological polar surface area (TPSA) is 36.8 Å². The minimum Gasteiger partial charge on any atom is -0.391 e. The van der Waals surface area contributed by atoms with Crippen LogP contribution < -0.4 is 5.32 Å². The van der Waals surface area contributed by atoms with Gasteiger partial charge in [0.1, 0.15) is 6.54 Å². The van der Waals surface area contributed by atoms with Crippen LogP contribution in [0.2, 0.25) is 5.02 Å². The van der Waals surface area contributed by atoms with Crippen molar-refractivity contribution >= 4 is 11.6 Å². The van der Waals surface area contributed by atoms with Crippen molar-refractivity contribution in [3.63, 3.8) is 0 Å². The second-order valence-corrected chi connectivity index (χ2v) is 3.00. The SMILES string of the molecule is OCC[NH2+]Cc1ccccc1Cl. The van der Waals surface area contributed by atoms with Gasteiger partial charge in [-0.2, -0.15) is 0 Å². The van der Waals surface area contributed by atoms with E-state index in [0.29, 0.717) is 0 Å². The molecule has 1 rings (SSSR count). The van der Waals surface area contributed by atoms with Gasteiger partial charge in [0.15, 0.2) is 0 Å². The second kappa shape index (κ2) is 5.14. The molecule has 0 aromatic heterocycles. The zero-order chi connectivity index (χ0) is 8.81. The van der Waals surface area contributed by atoms with Gasteiger partial charge in [0, 0.05) is 10.6 Å². The summed E-state index contributed by atoms with van der Waals surface area (Å²) in [5.74, 6) is 0. The smallest absolute Gasteiger partial charge is 0.103 e. The standard InChI is InChI=1S/C9H12ClNO/c10-9-4-2-1-3-8(9)7-11-5-6-12/h1-4,11-12H,5-7H2/p+1. The normalized spacial score (nSPS) is 10.2. The molecule has 0 fully saturated rings. The number of nitrogens with two attached hydrogens (primary N) is 1. The number of rotatable bonds is 4. The lowest BCUT2D eigenvalue weighted by Gasteiger charge is -2.01. The van der Waals surface area contributed by atoms with Crippen LogP contribution in [0, 0.1) is 0 Å². The van der Waals surface area contributed by atoms with Crippen LogP contribution in [0.15, 0.2) is 24.3 Å². The third kappa shape index (κ3) is 2.81. The zero-order valence-corrected chi connectivity index (χ0v) is 7.59. The molecule has 3 N–H and O–H groups in total. The van der Waals surface area contributed by atoms with E-state index in [4.69, 9.17) is 16.7 Å². The summed E-state index contributed by atoms with van der Waals surface area (Å²) in [6.45, 7) is 1.77. The summed E-state index contributed by atoms with van der Waals surface area (Å²) in [6, 6.07) is 7.76. The van der Waals surface area contributed by atoms with E-state index in [1.807, 2.05) is 29.6 Å². The van der Waals surface area contributed by atoms with E-state index >= 15 is 0 Å². The maximum atomic E-state index is 8.55. The zero-order valence-electron chi connectivity index (χ0n) is 6.83. The monoisotopic (exact) mass is 186 g/mol. The van der Waals surface area contributed by atoms with Crippen LogP contribution in [0.3, 0.4) is 0 Å². The van der Waals surface area contributed by atoms with Crippen LogP contribution in [0.5, 0.6) is 0 Å². The van der Waals surface area contributed by atoms with E-state index in [2.05, 4.69) is 0 Å². The molecule has 0 bridgehead atoms. The first-order valence-electron chi connectivity index (χ1n) is 4.00. The van der Waals surface area contributed by atoms with Crippen LogP contribution in [-0.2, 0) is 6.54 Å². The summed E-state index contributed by atoms with van der Waals surface area (Å²) < 4.78 is 0. The van der Waals surface area contributed by atoms with E-state index in [-0.39, 0.29) is 6.61 Å². The van der Waals surface area contributed by atoms with Crippen molar-refractivity contribution in [2.24, 2.45) is 0 Å². The van der Waals surface area contributed by atoms with Gasteiger partial charge in [-0.15, -0.1) is 0 Å². The van der Waals surface area contributed by atoms with E-state index < -0.39 is 0 Å². The summed E-state index contributed by atoms with van der Waals surface area (Å²) in [7, 11) is 0. The van der Waals surface area contributed by atoms with Gasteiger partial charge in [0.05, 0.1) is 13.2 Å². The summed E-state index contributed by atoms with van der Waals surface area (Å²) in [5, 5.41) is 11.4. The summed E-state index contributed by atoms with van der Waals surface area (Å²) in [4.78, 5) is 0. The molecule has 0 aliphatic carbocycles. The molecule has 12 heavy (non-hydrogen) atoms. The predicted octanol–water partition coefficient (Wildman–Crippen LogP) is 0.396. The van der Waals surface area contributed by atoms with E-state index in [9.17, 15) is 0 Å². The molecule has 0 saturated carbocycles. The van der Waals surface area contributed by atoms with Crippen molar-refractivity contribution in [2.45, 2.75) is 6.54 Å². The summed E-state index contributed by atoms with van der Waals surface area (Å²) in [6.07, 6.45) is 0. The molecule has 2 nitrogen and oxygen atoms in total. The molecule has 0 heterocycles. The molecule has 0 aliphatic heterocycles. The van der Waals surface area contributed by atoms with Crippen LogP contribution in [0.25, 0.3) is 0 Å². The highest BCUT2D eigenvalue weighted by atomic mass is 35.5. The largest absolute Gasteiger partial charge is 0.391 e. The molecule has 0 amide bonds. The van der Waals surface area contributed by atoms with Crippen molar-refractivity contribution in [3.05, 3.63) is 34.9 Å². The Morgan fingerprint density at radius 1 is 1.33 bits per heavy atom. The molecular weight excluding hydrogens is 174 g/mol. The van der Waals surface area contributed by atoms with Crippen molar-refractivity contribution in [3.8, 4) is 0 Å². The third-order valence-electron chi connectivity index (χ3n) is 1.66. The average molecular weight is 187 g/mol. The Labute approximate surface area is 77.2 Å². The number of hydrogen-bond donors (Lipinski definition) is 2. The van der Waals surface area contributed by atoms with Crippen molar-refractivity contribution in [1.82, 2.24) is 0 Å². The summed E-state index contributed by atoms with van der Waals surface area (Å²) >= 11 is 5.92. The Morgan fingerprint density at radius 2 is 2.08 bits per heavy atom. The lowest BCUT2D eigenvalue weighted by atomic mass is 10.2. The molecule has 0 spiro atoms. The fourth-order valence-corrected chi connectivity index (χ4v) is 1.23. The number of aliphatic hydroxyl groups is 1. The first kappa shape index (κ1) is 9.52. The van der Waals surface area contributed by atoms with Crippen molar-refractivity contribution < 1.29 is 10.4 Å². The molecule has 0 atom stereocenters. The van der Waals surface area contributed by atoms with Crippen LogP contribution in [-0.4, -0.2) is 18.3 Å². The molecule has 3 heteroatoms. The lowest BCUT2D eigenvalue weighted by Crippen LogP contribution is -2.83. The van der Waals surface area contributed by atoms with Gasteiger partial charge in [0.2, 0.25) is 0 Å². The molecule has 0 aliphatic rings. The fraction of sp³-hybridized carbons (Fsp3) is 0.333. The number of quaternary nitrogens is 1. The number of benzene rings is 1. The minimum atomic E-state index is 0.213. The highest BCUT2D eigenvalue weighted by molar-refractivity contribution is 6.31. The first-order valence-corrected chi connectivity index (χ1v) is 4.38. The highest BCUT2D eigenvalue weighted by Crippen LogP contribution is 2.12. The number of aliphatic hydroxyl groups excluding tert-OH is 1. The Balaban J connectivity index is 2.46. The molecule has 1 aromatic carbocycles. The van der Waals surface area contributed by atoms with Gasteiger partial charge in [-0.1, -0.05) is 29.8 Å². The predicted molar refractivity (Wildman–Crippen MR) is 49.0 cm³/mol. The van der Waals surface area contributed by atoms with Crippen LogP contribution in [0.1, 0.15) is 5.56 Å². The summed E-state index contributed by atoms with van der Waals surface area (Å²) in [5.41, 5.74) is 1.12. The van der Waals surface area contributed by atoms with Gasteiger partial charge < -0.3 is 10.4 Å². The van der Waals surface area contributed by atoms with Gasteiger partial charge in [-0.25, -0.2) is 0 Å². The average Bonchev–Trinajstić information content (AvgIpc) is 2.09. The van der Waals surface area contributed by atoms with Gasteiger partial charge in [-0.05, 0) is 6.07 Å². The molecule has 0 saturated heterocycles. The highest BCUT2D eigenvalue weighted by Gasteiger charge is 1.98. The van der Waals surface area contributed by atoms with Crippen molar-refractivity contribution in [1.29, 1.82) is 0 Å². The Kier molecular flexibility index (Phi) is 4.08. The van der Waals surface area contributed by atoms with E-state index in [0.717, 1.165) is 23.7 Å². The third-order valence-corrected chi connectivity index (χ3v) is 2.02. The minimum absolute atomic E-state index is 0.213. The van der Waals surface area contributed by atoms with Gasteiger partial charge >= 0.3 is 0 Å². The second-order valence-electron chi connectivity index (χ2n) is 2.60. The molecule has 0 radical (unpaired) electrons. The lowest BCUT2D eigenvalue weighted by molar-refractivity contribution is -0.671. The van der Waals surface area contributed by atoms with Crippen LogP contribution >= 0.6 is 11.6 Å². The van der Waals surface area contributed by atoms with E-state index in [1.54, 1.807) is 0 Å².